The van der Waals surface area contributed by atoms with Crippen molar-refractivity contribution in [3.63, 3.8) is 0 Å². The smallest absolute Gasteiger partial charge is 0.223 e. The van der Waals surface area contributed by atoms with Gasteiger partial charge in [0.05, 0.1) is 0 Å². The van der Waals surface area contributed by atoms with Crippen LogP contribution in [-0.2, 0) is 6.54 Å². The molecule has 142 valence electrons. The molecule has 1 aliphatic rings. The van der Waals surface area contributed by atoms with E-state index in [0.29, 0.717) is 24.3 Å². The van der Waals surface area contributed by atoms with Gasteiger partial charge in [-0.15, -0.1) is 24.0 Å². The molecule has 1 aromatic carbocycles. The minimum absolute atomic E-state index is 0. The number of rotatable bonds is 5. The second kappa shape index (κ2) is 9.75. The average Bonchev–Trinajstić information content (AvgIpc) is 3.23. The fourth-order valence-corrected chi connectivity index (χ4v) is 2.94. The average molecular weight is 470 g/mol. The van der Waals surface area contributed by atoms with E-state index in [2.05, 4.69) is 68.8 Å². The van der Waals surface area contributed by atoms with Crippen LogP contribution >= 0.6 is 24.0 Å². The fourth-order valence-electron chi connectivity index (χ4n) is 2.94. The topological polar surface area (TPSA) is 78.6 Å². The van der Waals surface area contributed by atoms with Crippen molar-refractivity contribution in [3.05, 3.63) is 41.5 Å². The Hall–Kier alpha value is -1.84. The molecule has 0 aliphatic carbocycles. The van der Waals surface area contributed by atoms with Crippen LogP contribution in [0.4, 0.5) is 5.69 Å². The Balaban J connectivity index is 0.00000243. The highest BCUT2D eigenvalue weighted by Crippen LogP contribution is 2.20. The lowest BCUT2D eigenvalue weighted by molar-refractivity contribution is 0.387. The van der Waals surface area contributed by atoms with Crippen LogP contribution in [0.2, 0.25) is 0 Å². The van der Waals surface area contributed by atoms with Gasteiger partial charge in [-0.05, 0) is 32.4 Å². The highest BCUT2D eigenvalue weighted by atomic mass is 127. The van der Waals surface area contributed by atoms with Gasteiger partial charge in [0.25, 0.3) is 0 Å². The van der Waals surface area contributed by atoms with Gasteiger partial charge in [-0.3, -0.25) is 0 Å². The summed E-state index contributed by atoms with van der Waals surface area (Å²) < 4.78 is 4.98. The van der Waals surface area contributed by atoms with E-state index in [1.54, 1.807) is 6.92 Å². The van der Waals surface area contributed by atoms with Crippen LogP contribution in [0, 0.1) is 13.8 Å². The van der Waals surface area contributed by atoms with Crippen LogP contribution in [0.15, 0.2) is 33.8 Å². The summed E-state index contributed by atoms with van der Waals surface area (Å²) in [6.45, 7) is 9.18. The maximum absolute atomic E-state index is 4.98. The zero-order chi connectivity index (χ0) is 17.6. The standard InChI is InChI=1S/C18H26N6O.HI/c1-4-19-18(20-11-17-21-14(3)25-23-17)22-15-9-10-24(12-15)16-7-5-13(2)6-8-16;/h5-8,15H,4,9-12H2,1-3H3,(H2,19,20,22);1H. The third-order valence-electron chi connectivity index (χ3n) is 4.22. The van der Waals surface area contributed by atoms with E-state index >= 15 is 0 Å². The highest BCUT2D eigenvalue weighted by molar-refractivity contribution is 14.0. The van der Waals surface area contributed by atoms with Gasteiger partial charge in [0.15, 0.2) is 11.8 Å². The zero-order valence-electron chi connectivity index (χ0n) is 15.5. The number of halogens is 1. The Kier molecular flexibility index (Phi) is 7.67. The summed E-state index contributed by atoms with van der Waals surface area (Å²) in [7, 11) is 0. The molecule has 7 nitrogen and oxygen atoms in total. The number of aliphatic imine (C=N–C) groups is 1. The Bertz CT molecular complexity index is 715. The number of nitrogens with zero attached hydrogens (tertiary/aromatic N) is 4. The molecule has 1 aromatic heterocycles. The number of aromatic nitrogens is 2. The van der Waals surface area contributed by atoms with Crippen molar-refractivity contribution in [2.75, 3.05) is 24.5 Å². The first-order valence-electron chi connectivity index (χ1n) is 8.79. The third-order valence-corrected chi connectivity index (χ3v) is 4.22. The SMILES string of the molecule is CCNC(=NCc1noc(C)n1)NC1CCN(c2ccc(C)cc2)C1.I. The molecule has 1 saturated heterocycles. The van der Waals surface area contributed by atoms with E-state index < -0.39 is 0 Å². The molecule has 1 aliphatic heterocycles. The minimum Gasteiger partial charge on any atom is -0.369 e. The summed E-state index contributed by atoms with van der Waals surface area (Å²) in [6, 6.07) is 9.07. The Labute approximate surface area is 171 Å². The molecule has 0 amide bonds. The van der Waals surface area contributed by atoms with E-state index in [1.807, 2.05) is 0 Å². The normalized spacial score (nSPS) is 17.1. The van der Waals surface area contributed by atoms with Crippen LogP contribution in [0.1, 0.15) is 30.6 Å². The van der Waals surface area contributed by atoms with Crippen molar-refractivity contribution >= 4 is 35.6 Å². The first-order valence-corrected chi connectivity index (χ1v) is 8.79. The van der Waals surface area contributed by atoms with E-state index in [0.717, 1.165) is 32.0 Å². The molecule has 2 N–H and O–H groups in total. The molecule has 1 fully saturated rings. The first-order chi connectivity index (χ1) is 12.1. The van der Waals surface area contributed by atoms with E-state index in [4.69, 9.17) is 4.52 Å². The third kappa shape index (κ3) is 5.58. The predicted molar refractivity (Wildman–Crippen MR) is 114 cm³/mol. The van der Waals surface area contributed by atoms with Crippen LogP contribution in [0.25, 0.3) is 0 Å². The predicted octanol–water partition coefficient (Wildman–Crippen LogP) is 2.64. The molecular weight excluding hydrogens is 443 g/mol. The maximum Gasteiger partial charge on any atom is 0.223 e. The molecule has 8 heteroatoms. The minimum atomic E-state index is 0. The Morgan fingerprint density at radius 3 is 2.73 bits per heavy atom. The summed E-state index contributed by atoms with van der Waals surface area (Å²) >= 11 is 0. The number of anilines is 1. The lowest BCUT2D eigenvalue weighted by atomic mass is 10.2. The second-order valence-electron chi connectivity index (χ2n) is 6.34. The fraction of sp³-hybridized carbons (Fsp3) is 0.500. The van der Waals surface area contributed by atoms with Crippen molar-refractivity contribution < 1.29 is 4.52 Å². The van der Waals surface area contributed by atoms with Gasteiger partial charge in [-0.1, -0.05) is 22.9 Å². The summed E-state index contributed by atoms with van der Waals surface area (Å²) in [6.07, 6.45) is 1.08. The van der Waals surface area contributed by atoms with Gasteiger partial charge < -0.3 is 20.1 Å². The molecule has 3 rings (SSSR count). The number of hydrogen-bond donors (Lipinski definition) is 2. The molecule has 0 radical (unpaired) electrons. The number of nitrogens with one attached hydrogen (secondary N) is 2. The first kappa shape index (κ1) is 20.5. The van der Waals surface area contributed by atoms with Crippen LogP contribution in [0.3, 0.4) is 0 Å². The van der Waals surface area contributed by atoms with Gasteiger partial charge in [0.1, 0.15) is 6.54 Å². The molecule has 1 unspecified atom stereocenters. The van der Waals surface area contributed by atoms with Crippen molar-refractivity contribution in [3.8, 4) is 0 Å². The number of aryl methyl sites for hydroxylation is 2. The van der Waals surface area contributed by atoms with Crippen molar-refractivity contribution in [2.24, 2.45) is 4.99 Å². The number of guanidine groups is 1. The second-order valence-corrected chi connectivity index (χ2v) is 6.34. The molecule has 26 heavy (non-hydrogen) atoms. The molecule has 0 bridgehead atoms. The lowest BCUT2D eigenvalue weighted by Crippen LogP contribution is -2.44. The Morgan fingerprint density at radius 1 is 1.31 bits per heavy atom. The monoisotopic (exact) mass is 470 g/mol. The molecular formula is C18H27IN6O. The molecule has 1 atom stereocenters. The lowest BCUT2D eigenvalue weighted by Gasteiger charge is -2.20. The Morgan fingerprint density at radius 2 is 2.08 bits per heavy atom. The van der Waals surface area contributed by atoms with Crippen LogP contribution < -0.4 is 15.5 Å². The number of benzene rings is 1. The summed E-state index contributed by atoms with van der Waals surface area (Å²) in [5, 5.41) is 10.7. The largest absolute Gasteiger partial charge is 0.369 e. The number of hydrogen-bond acceptors (Lipinski definition) is 5. The summed E-state index contributed by atoms with van der Waals surface area (Å²) in [4.78, 5) is 11.2. The van der Waals surface area contributed by atoms with Crippen molar-refractivity contribution in [1.29, 1.82) is 0 Å². The molecule has 2 aromatic rings. The maximum atomic E-state index is 4.98. The van der Waals surface area contributed by atoms with E-state index in [9.17, 15) is 0 Å². The van der Waals surface area contributed by atoms with Gasteiger partial charge in [0, 0.05) is 38.3 Å². The molecule has 0 spiro atoms. The van der Waals surface area contributed by atoms with Gasteiger partial charge in [0.2, 0.25) is 5.89 Å². The van der Waals surface area contributed by atoms with Gasteiger partial charge in [-0.25, -0.2) is 4.99 Å². The van der Waals surface area contributed by atoms with Gasteiger partial charge >= 0.3 is 0 Å². The van der Waals surface area contributed by atoms with Gasteiger partial charge in [-0.2, -0.15) is 4.98 Å². The highest BCUT2D eigenvalue weighted by Gasteiger charge is 2.23. The van der Waals surface area contributed by atoms with Crippen LogP contribution in [-0.4, -0.2) is 41.8 Å². The summed E-state index contributed by atoms with van der Waals surface area (Å²) in [5.74, 6) is 1.95. The summed E-state index contributed by atoms with van der Waals surface area (Å²) in [5.41, 5.74) is 2.56. The van der Waals surface area contributed by atoms with Crippen molar-refractivity contribution in [2.45, 2.75) is 39.8 Å². The molecule has 0 saturated carbocycles. The van der Waals surface area contributed by atoms with E-state index in [-0.39, 0.29) is 24.0 Å². The van der Waals surface area contributed by atoms with Crippen LogP contribution in [0.5, 0.6) is 0 Å². The zero-order valence-corrected chi connectivity index (χ0v) is 17.9. The quantitative estimate of drug-likeness (QED) is 0.398. The van der Waals surface area contributed by atoms with Crippen molar-refractivity contribution in [1.82, 2.24) is 20.8 Å². The van der Waals surface area contributed by atoms with E-state index in [1.165, 1.54) is 11.3 Å². The molecule has 2 heterocycles.